The fraction of sp³-hybridized carbons (Fsp3) is 0.444. The first-order valence-corrected chi connectivity index (χ1v) is 8.27. The van der Waals surface area contributed by atoms with Gasteiger partial charge in [-0.15, -0.1) is 6.58 Å². The zero-order chi connectivity index (χ0) is 18.2. The molecule has 0 heterocycles. The molecule has 0 fully saturated rings. The SMILES string of the molecule is C=CCOCC(NC(=O)C(CC)(CC)c1ccc(Cl)cc1)C(=O)O. The monoisotopic (exact) mass is 353 g/mol. The summed E-state index contributed by atoms with van der Waals surface area (Å²) in [6.07, 6.45) is 2.60. The molecule has 0 aliphatic carbocycles. The van der Waals surface area contributed by atoms with Crippen molar-refractivity contribution in [2.24, 2.45) is 0 Å². The number of halogens is 1. The summed E-state index contributed by atoms with van der Waals surface area (Å²) in [4.78, 5) is 24.3. The number of amides is 1. The number of rotatable bonds is 10. The van der Waals surface area contributed by atoms with Gasteiger partial charge in [-0.1, -0.05) is 43.7 Å². The lowest BCUT2D eigenvalue weighted by atomic mass is 9.75. The third kappa shape index (κ3) is 4.82. The zero-order valence-corrected chi connectivity index (χ0v) is 14.8. The summed E-state index contributed by atoms with van der Waals surface area (Å²) in [5.74, 6) is -1.46. The molecular formula is C18H24ClNO4. The van der Waals surface area contributed by atoms with Gasteiger partial charge in [-0.3, -0.25) is 4.79 Å². The summed E-state index contributed by atoms with van der Waals surface area (Å²) < 4.78 is 5.18. The van der Waals surface area contributed by atoms with E-state index in [1.54, 1.807) is 24.3 Å². The Hall–Kier alpha value is -1.85. The maximum Gasteiger partial charge on any atom is 0.328 e. The van der Waals surface area contributed by atoms with Crippen molar-refractivity contribution in [2.75, 3.05) is 13.2 Å². The first kappa shape index (κ1) is 20.2. The molecule has 1 atom stereocenters. The average Bonchev–Trinajstić information content (AvgIpc) is 2.57. The number of nitrogens with one attached hydrogen (secondary N) is 1. The van der Waals surface area contributed by atoms with E-state index in [1.165, 1.54) is 6.08 Å². The van der Waals surface area contributed by atoms with Crippen LogP contribution >= 0.6 is 11.6 Å². The molecule has 2 N–H and O–H groups in total. The third-order valence-corrected chi connectivity index (χ3v) is 4.41. The minimum Gasteiger partial charge on any atom is -0.480 e. The van der Waals surface area contributed by atoms with Gasteiger partial charge in [0.2, 0.25) is 5.91 Å². The normalized spacial score (nSPS) is 12.5. The van der Waals surface area contributed by atoms with Gasteiger partial charge in [-0.25, -0.2) is 4.79 Å². The van der Waals surface area contributed by atoms with E-state index < -0.39 is 17.4 Å². The Kier molecular flexibility index (Phi) is 7.95. The van der Waals surface area contributed by atoms with E-state index in [2.05, 4.69) is 11.9 Å². The van der Waals surface area contributed by atoms with Crippen LogP contribution in [0.2, 0.25) is 5.02 Å². The molecule has 1 aromatic rings. The van der Waals surface area contributed by atoms with Gasteiger partial charge in [0.05, 0.1) is 18.6 Å². The smallest absolute Gasteiger partial charge is 0.328 e. The van der Waals surface area contributed by atoms with Crippen LogP contribution in [0.15, 0.2) is 36.9 Å². The largest absolute Gasteiger partial charge is 0.480 e. The minimum absolute atomic E-state index is 0.114. The molecule has 0 aliphatic heterocycles. The molecule has 6 heteroatoms. The predicted octanol–water partition coefficient (Wildman–Crippen LogP) is 3.17. The molecule has 0 aliphatic rings. The van der Waals surface area contributed by atoms with Gasteiger partial charge in [0.1, 0.15) is 0 Å². The average molecular weight is 354 g/mol. The molecule has 0 aromatic heterocycles. The summed E-state index contributed by atoms with van der Waals surface area (Å²) in [6.45, 7) is 7.43. The molecule has 1 aromatic carbocycles. The lowest BCUT2D eigenvalue weighted by Gasteiger charge is -2.32. The summed E-state index contributed by atoms with van der Waals surface area (Å²) in [6, 6.07) is 5.96. The summed E-state index contributed by atoms with van der Waals surface area (Å²) in [5.41, 5.74) is 0.00189. The molecule has 0 saturated carbocycles. The number of carboxylic acids is 1. The summed E-state index contributed by atoms with van der Waals surface area (Å²) >= 11 is 5.92. The Balaban J connectivity index is 3.01. The molecule has 24 heavy (non-hydrogen) atoms. The van der Waals surface area contributed by atoms with Crippen molar-refractivity contribution in [3.05, 3.63) is 47.5 Å². The highest BCUT2D eigenvalue weighted by Crippen LogP contribution is 2.33. The number of aliphatic carboxylic acids is 1. The molecule has 1 amide bonds. The second kappa shape index (κ2) is 9.45. The zero-order valence-electron chi connectivity index (χ0n) is 14.0. The Morgan fingerprint density at radius 3 is 2.38 bits per heavy atom. The van der Waals surface area contributed by atoms with Gasteiger partial charge in [-0.05, 0) is 30.5 Å². The van der Waals surface area contributed by atoms with Crippen LogP contribution in [0.25, 0.3) is 0 Å². The van der Waals surface area contributed by atoms with Crippen molar-refractivity contribution in [3.63, 3.8) is 0 Å². The van der Waals surface area contributed by atoms with Gasteiger partial charge >= 0.3 is 5.97 Å². The van der Waals surface area contributed by atoms with Gasteiger partial charge in [0.15, 0.2) is 6.04 Å². The number of benzene rings is 1. The van der Waals surface area contributed by atoms with E-state index in [0.717, 1.165) is 5.56 Å². The van der Waals surface area contributed by atoms with Gasteiger partial charge in [-0.2, -0.15) is 0 Å². The Morgan fingerprint density at radius 1 is 1.33 bits per heavy atom. The molecule has 1 rings (SSSR count). The van der Waals surface area contributed by atoms with Gasteiger partial charge in [0.25, 0.3) is 0 Å². The van der Waals surface area contributed by atoms with Gasteiger partial charge < -0.3 is 15.2 Å². The van der Waals surface area contributed by atoms with Crippen LogP contribution in [0.3, 0.4) is 0 Å². The van der Waals surface area contributed by atoms with Gasteiger partial charge in [0, 0.05) is 5.02 Å². The lowest BCUT2D eigenvalue weighted by molar-refractivity contribution is -0.144. The molecule has 0 bridgehead atoms. The molecule has 5 nitrogen and oxygen atoms in total. The second-order valence-electron chi connectivity index (χ2n) is 5.49. The number of ether oxygens (including phenoxy) is 1. The van der Waals surface area contributed by atoms with Crippen molar-refractivity contribution in [1.82, 2.24) is 5.32 Å². The Morgan fingerprint density at radius 2 is 1.92 bits per heavy atom. The van der Waals surface area contributed by atoms with Crippen LogP contribution in [-0.4, -0.2) is 36.2 Å². The highest BCUT2D eigenvalue weighted by atomic mass is 35.5. The second-order valence-corrected chi connectivity index (χ2v) is 5.92. The van der Waals surface area contributed by atoms with Crippen molar-refractivity contribution in [3.8, 4) is 0 Å². The maximum atomic E-state index is 12.9. The van der Waals surface area contributed by atoms with Crippen LogP contribution in [0.1, 0.15) is 32.3 Å². The first-order valence-electron chi connectivity index (χ1n) is 7.89. The number of carboxylic acid groups (broad SMARTS) is 1. The fourth-order valence-corrected chi connectivity index (χ4v) is 2.75. The summed E-state index contributed by atoms with van der Waals surface area (Å²) in [5, 5.41) is 12.5. The van der Waals surface area contributed by atoms with Crippen LogP contribution < -0.4 is 5.32 Å². The topological polar surface area (TPSA) is 75.6 Å². The Bertz CT molecular complexity index is 567. The van der Waals surface area contributed by atoms with Crippen molar-refractivity contribution < 1.29 is 19.4 Å². The van der Waals surface area contributed by atoms with Crippen LogP contribution in [0, 0.1) is 0 Å². The molecule has 0 radical (unpaired) electrons. The molecular weight excluding hydrogens is 330 g/mol. The number of hydrogen-bond donors (Lipinski definition) is 2. The van der Waals surface area contributed by atoms with Crippen LogP contribution in [-0.2, 0) is 19.7 Å². The minimum atomic E-state index is -1.13. The number of hydrogen-bond acceptors (Lipinski definition) is 3. The van der Waals surface area contributed by atoms with Crippen molar-refractivity contribution in [1.29, 1.82) is 0 Å². The Labute approximate surface area is 147 Å². The lowest BCUT2D eigenvalue weighted by Crippen LogP contribution is -2.52. The van der Waals surface area contributed by atoms with E-state index in [0.29, 0.717) is 17.9 Å². The van der Waals surface area contributed by atoms with Crippen LogP contribution in [0.5, 0.6) is 0 Å². The fourth-order valence-electron chi connectivity index (χ4n) is 2.62. The van der Waals surface area contributed by atoms with Crippen molar-refractivity contribution in [2.45, 2.75) is 38.1 Å². The van der Waals surface area contributed by atoms with E-state index in [4.69, 9.17) is 16.3 Å². The van der Waals surface area contributed by atoms with Crippen LogP contribution in [0.4, 0.5) is 0 Å². The van der Waals surface area contributed by atoms with Crippen molar-refractivity contribution >= 4 is 23.5 Å². The maximum absolute atomic E-state index is 12.9. The summed E-state index contributed by atoms with van der Waals surface area (Å²) in [7, 11) is 0. The van der Waals surface area contributed by atoms with E-state index in [9.17, 15) is 14.7 Å². The number of carbonyl (C=O) groups is 2. The molecule has 132 valence electrons. The molecule has 0 saturated heterocycles. The third-order valence-electron chi connectivity index (χ3n) is 4.16. The first-order chi connectivity index (χ1) is 11.4. The highest BCUT2D eigenvalue weighted by Gasteiger charge is 2.38. The number of carbonyl (C=O) groups excluding carboxylic acids is 1. The van der Waals surface area contributed by atoms with E-state index in [1.807, 2.05) is 13.8 Å². The quantitative estimate of drug-likeness (QED) is 0.500. The predicted molar refractivity (Wildman–Crippen MR) is 94.3 cm³/mol. The van der Waals surface area contributed by atoms with E-state index >= 15 is 0 Å². The highest BCUT2D eigenvalue weighted by molar-refractivity contribution is 6.30. The van der Waals surface area contributed by atoms with E-state index in [-0.39, 0.29) is 19.1 Å². The molecule has 0 spiro atoms. The standard InChI is InChI=1S/C18H24ClNO4/c1-4-11-24-12-15(16(21)22)20-17(23)18(5-2,6-3)13-7-9-14(19)10-8-13/h4,7-10,15H,1,5-6,11-12H2,2-3H3,(H,20,23)(H,21,22). The molecule has 1 unspecified atom stereocenters.